The number of amides is 2. The first kappa shape index (κ1) is 19.1. The molecule has 0 N–H and O–H groups in total. The lowest BCUT2D eigenvalue weighted by Gasteiger charge is -2.23. The number of aryl methyl sites for hydroxylation is 2. The number of hydrogen-bond acceptors (Lipinski definition) is 2. The van der Waals surface area contributed by atoms with Crippen LogP contribution < -0.4 is 0 Å². The highest BCUT2D eigenvalue weighted by Crippen LogP contribution is 2.15. The smallest absolute Gasteiger partial charge is 0.256 e. The zero-order valence-corrected chi connectivity index (χ0v) is 15.9. The van der Waals surface area contributed by atoms with Gasteiger partial charge in [-0.25, -0.2) is 4.39 Å². The molecule has 3 rings (SSSR count). The lowest BCUT2D eigenvalue weighted by Crippen LogP contribution is -2.38. The average molecular weight is 368 g/mol. The molecule has 0 saturated carbocycles. The van der Waals surface area contributed by atoms with Crippen molar-refractivity contribution in [2.24, 2.45) is 0 Å². The normalized spacial score (nSPS) is 14.8. The fourth-order valence-corrected chi connectivity index (χ4v) is 3.49. The number of halogens is 1. The molecule has 0 spiro atoms. The van der Waals surface area contributed by atoms with Crippen LogP contribution in [0.1, 0.15) is 33.5 Å². The van der Waals surface area contributed by atoms with Crippen LogP contribution in [0.5, 0.6) is 0 Å². The maximum atomic E-state index is 13.9. The number of nitrogens with zero attached hydrogens (tertiary/aromatic N) is 2. The van der Waals surface area contributed by atoms with E-state index in [1.54, 1.807) is 17.0 Å². The molecule has 0 atom stereocenters. The van der Waals surface area contributed by atoms with E-state index in [1.807, 2.05) is 30.9 Å². The van der Waals surface area contributed by atoms with E-state index in [9.17, 15) is 14.0 Å². The van der Waals surface area contributed by atoms with Gasteiger partial charge in [-0.05, 0) is 43.5 Å². The van der Waals surface area contributed by atoms with Crippen molar-refractivity contribution in [3.05, 3.63) is 70.5 Å². The van der Waals surface area contributed by atoms with Crippen molar-refractivity contribution in [2.45, 2.75) is 26.7 Å². The van der Waals surface area contributed by atoms with E-state index in [1.165, 1.54) is 17.7 Å². The molecule has 1 aliphatic rings. The molecule has 2 amide bonds. The van der Waals surface area contributed by atoms with Gasteiger partial charge < -0.3 is 9.80 Å². The number of hydrogen-bond donors (Lipinski definition) is 0. The van der Waals surface area contributed by atoms with Crippen molar-refractivity contribution in [3.63, 3.8) is 0 Å². The summed E-state index contributed by atoms with van der Waals surface area (Å²) in [4.78, 5) is 28.8. The van der Waals surface area contributed by atoms with E-state index in [2.05, 4.69) is 6.07 Å². The van der Waals surface area contributed by atoms with Gasteiger partial charge in [0, 0.05) is 26.2 Å². The second-order valence-corrected chi connectivity index (χ2v) is 7.11. The van der Waals surface area contributed by atoms with Gasteiger partial charge in [-0.3, -0.25) is 9.59 Å². The molecular formula is C22H25FN2O2. The topological polar surface area (TPSA) is 40.6 Å². The van der Waals surface area contributed by atoms with Crippen molar-refractivity contribution in [2.75, 3.05) is 26.2 Å². The SMILES string of the molecule is Cc1ccc(CC(=O)N2CCCN(C(=O)c3ccccc3F)CC2)c(C)c1. The van der Waals surface area contributed by atoms with Crippen LogP contribution in [0.4, 0.5) is 4.39 Å². The van der Waals surface area contributed by atoms with E-state index in [4.69, 9.17) is 0 Å². The molecule has 2 aromatic rings. The molecule has 1 saturated heterocycles. The van der Waals surface area contributed by atoms with Crippen molar-refractivity contribution in [1.29, 1.82) is 0 Å². The van der Waals surface area contributed by atoms with Crippen LogP contribution in [-0.4, -0.2) is 47.8 Å². The maximum Gasteiger partial charge on any atom is 0.256 e. The Kier molecular flexibility index (Phi) is 5.89. The van der Waals surface area contributed by atoms with Crippen molar-refractivity contribution in [3.8, 4) is 0 Å². The van der Waals surface area contributed by atoms with Gasteiger partial charge in [-0.1, -0.05) is 35.9 Å². The van der Waals surface area contributed by atoms with Crippen molar-refractivity contribution >= 4 is 11.8 Å². The zero-order valence-electron chi connectivity index (χ0n) is 15.9. The minimum absolute atomic E-state index is 0.0714. The number of rotatable bonds is 3. The molecule has 5 heteroatoms. The summed E-state index contributed by atoms with van der Waals surface area (Å²) >= 11 is 0. The maximum absolute atomic E-state index is 13.9. The first-order valence-corrected chi connectivity index (χ1v) is 9.33. The summed E-state index contributed by atoms with van der Waals surface area (Å²) in [5.74, 6) is -0.742. The monoisotopic (exact) mass is 368 g/mol. The standard InChI is InChI=1S/C22H25FN2O2/c1-16-8-9-18(17(2)14-16)15-21(26)24-10-5-11-25(13-12-24)22(27)19-6-3-4-7-20(19)23/h3-4,6-9,14H,5,10-13,15H2,1-2H3. The summed E-state index contributed by atoms with van der Waals surface area (Å²) in [6.07, 6.45) is 1.06. The number of carbonyl (C=O) groups excluding carboxylic acids is 2. The molecule has 27 heavy (non-hydrogen) atoms. The highest BCUT2D eigenvalue weighted by molar-refractivity contribution is 5.94. The third-order valence-electron chi connectivity index (χ3n) is 5.08. The molecular weight excluding hydrogens is 343 g/mol. The Balaban J connectivity index is 1.63. The highest BCUT2D eigenvalue weighted by Gasteiger charge is 2.24. The Morgan fingerprint density at radius 1 is 0.963 bits per heavy atom. The Hall–Kier alpha value is -2.69. The van der Waals surface area contributed by atoms with E-state index in [-0.39, 0.29) is 17.4 Å². The van der Waals surface area contributed by atoms with Gasteiger partial charge in [0.25, 0.3) is 5.91 Å². The molecule has 0 radical (unpaired) electrons. The molecule has 1 fully saturated rings. The van der Waals surface area contributed by atoms with Crippen LogP contribution >= 0.6 is 0 Å². The summed E-state index contributed by atoms with van der Waals surface area (Å²) in [5, 5.41) is 0. The van der Waals surface area contributed by atoms with Crippen LogP contribution in [0.3, 0.4) is 0 Å². The lowest BCUT2D eigenvalue weighted by molar-refractivity contribution is -0.130. The van der Waals surface area contributed by atoms with E-state index in [0.717, 1.165) is 11.1 Å². The van der Waals surface area contributed by atoms with Gasteiger partial charge in [-0.2, -0.15) is 0 Å². The van der Waals surface area contributed by atoms with Crippen LogP contribution in [0.2, 0.25) is 0 Å². The summed E-state index contributed by atoms with van der Waals surface area (Å²) in [7, 11) is 0. The zero-order chi connectivity index (χ0) is 19.4. The Bertz CT molecular complexity index is 850. The van der Waals surface area contributed by atoms with Crippen LogP contribution in [0.15, 0.2) is 42.5 Å². The fourth-order valence-electron chi connectivity index (χ4n) is 3.49. The predicted molar refractivity (Wildman–Crippen MR) is 103 cm³/mol. The predicted octanol–water partition coefficient (Wildman–Crippen LogP) is 3.36. The van der Waals surface area contributed by atoms with Crippen molar-refractivity contribution in [1.82, 2.24) is 9.80 Å². The quantitative estimate of drug-likeness (QED) is 0.834. The van der Waals surface area contributed by atoms with E-state index >= 15 is 0 Å². The van der Waals surface area contributed by atoms with E-state index < -0.39 is 5.82 Å². The minimum Gasteiger partial charge on any atom is -0.341 e. The first-order valence-electron chi connectivity index (χ1n) is 9.33. The van der Waals surface area contributed by atoms with Gasteiger partial charge in [-0.15, -0.1) is 0 Å². The summed E-state index contributed by atoms with van der Waals surface area (Å²) in [6.45, 7) is 6.10. The van der Waals surface area contributed by atoms with Gasteiger partial charge in [0.1, 0.15) is 5.82 Å². The minimum atomic E-state index is -0.505. The second kappa shape index (κ2) is 8.33. The summed E-state index contributed by atoms with van der Waals surface area (Å²) in [6, 6.07) is 12.1. The Morgan fingerprint density at radius 3 is 2.41 bits per heavy atom. The lowest BCUT2D eigenvalue weighted by atomic mass is 10.0. The average Bonchev–Trinajstić information content (AvgIpc) is 2.90. The van der Waals surface area contributed by atoms with E-state index in [0.29, 0.717) is 39.0 Å². The Labute approximate surface area is 159 Å². The third-order valence-corrected chi connectivity index (χ3v) is 5.08. The Morgan fingerprint density at radius 2 is 1.67 bits per heavy atom. The number of carbonyl (C=O) groups is 2. The third kappa shape index (κ3) is 4.54. The second-order valence-electron chi connectivity index (χ2n) is 7.11. The first-order chi connectivity index (χ1) is 13.0. The molecule has 1 heterocycles. The van der Waals surface area contributed by atoms with Gasteiger partial charge in [0.2, 0.25) is 5.91 Å². The molecule has 1 aliphatic heterocycles. The van der Waals surface area contributed by atoms with Crippen LogP contribution in [0, 0.1) is 19.7 Å². The summed E-state index contributed by atoms with van der Waals surface area (Å²) < 4.78 is 13.9. The molecule has 0 aromatic heterocycles. The van der Waals surface area contributed by atoms with Gasteiger partial charge >= 0.3 is 0 Å². The van der Waals surface area contributed by atoms with Crippen LogP contribution in [0.25, 0.3) is 0 Å². The molecule has 0 unspecified atom stereocenters. The van der Waals surface area contributed by atoms with Crippen molar-refractivity contribution < 1.29 is 14.0 Å². The molecule has 142 valence electrons. The molecule has 0 bridgehead atoms. The van der Waals surface area contributed by atoms with Gasteiger partial charge in [0.05, 0.1) is 12.0 Å². The molecule has 0 aliphatic carbocycles. The summed E-state index contributed by atoms with van der Waals surface area (Å²) in [5.41, 5.74) is 3.43. The van der Waals surface area contributed by atoms with Crippen LogP contribution in [-0.2, 0) is 11.2 Å². The number of benzene rings is 2. The largest absolute Gasteiger partial charge is 0.341 e. The van der Waals surface area contributed by atoms with Gasteiger partial charge in [0.15, 0.2) is 0 Å². The fraction of sp³-hybridized carbons (Fsp3) is 0.364. The highest BCUT2D eigenvalue weighted by atomic mass is 19.1. The molecule has 4 nitrogen and oxygen atoms in total. The molecule has 2 aromatic carbocycles.